The number of hydrogen-bond acceptors (Lipinski definition) is 1. The van der Waals surface area contributed by atoms with Crippen LogP contribution in [-0.4, -0.2) is 6.04 Å². The van der Waals surface area contributed by atoms with Crippen LogP contribution in [0, 0.1) is 11.7 Å². The molecule has 0 spiro atoms. The summed E-state index contributed by atoms with van der Waals surface area (Å²) in [5.74, 6) is 0.423. The van der Waals surface area contributed by atoms with Gasteiger partial charge in [-0.15, -0.1) is 0 Å². The Labute approximate surface area is 94.6 Å². The predicted octanol–water partition coefficient (Wildman–Crippen LogP) is 4.08. The lowest BCUT2D eigenvalue weighted by molar-refractivity contribution is 0.602. The Bertz CT molecular complexity index is 353. The lowest BCUT2D eigenvalue weighted by Gasteiger charge is -2.14. The van der Waals surface area contributed by atoms with Gasteiger partial charge in [0.2, 0.25) is 0 Å². The minimum absolute atomic E-state index is 0.181. The van der Waals surface area contributed by atoms with Crippen LogP contribution in [0.3, 0.4) is 0 Å². The van der Waals surface area contributed by atoms with Gasteiger partial charge in [0.15, 0.2) is 0 Å². The van der Waals surface area contributed by atoms with E-state index in [1.54, 1.807) is 6.07 Å². The van der Waals surface area contributed by atoms with E-state index in [4.69, 9.17) is 11.6 Å². The third-order valence-corrected chi connectivity index (χ3v) is 3.29. The Hall–Kier alpha value is -0.760. The molecule has 0 aromatic heterocycles. The molecule has 0 aliphatic heterocycles. The maximum Gasteiger partial charge on any atom is 0.143 e. The van der Waals surface area contributed by atoms with Gasteiger partial charge in [-0.1, -0.05) is 18.5 Å². The van der Waals surface area contributed by atoms with Crippen molar-refractivity contribution in [2.75, 3.05) is 5.32 Å². The topological polar surface area (TPSA) is 12.0 Å². The second-order valence-corrected chi connectivity index (χ2v) is 4.80. The first kappa shape index (κ1) is 10.7. The van der Waals surface area contributed by atoms with Gasteiger partial charge >= 0.3 is 0 Å². The second kappa shape index (κ2) is 4.40. The molecule has 1 aliphatic rings. The minimum atomic E-state index is -0.354. The van der Waals surface area contributed by atoms with E-state index in [0.29, 0.717) is 6.04 Å². The minimum Gasteiger partial charge on any atom is -0.382 e. The molecule has 2 atom stereocenters. The molecule has 1 N–H and O–H groups in total. The van der Waals surface area contributed by atoms with Gasteiger partial charge in [-0.05, 0) is 43.4 Å². The Morgan fingerprint density at radius 3 is 2.80 bits per heavy atom. The van der Waals surface area contributed by atoms with Crippen molar-refractivity contribution in [1.82, 2.24) is 0 Å². The fourth-order valence-corrected chi connectivity index (χ4v) is 2.28. The zero-order chi connectivity index (χ0) is 10.8. The van der Waals surface area contributed by atoms with Crippen LogP contribution in [-0.2, 0) is 0 Å². The number of anilines is 1. The molecule has 82 valence electrons. The van der Waals surface area contributed by atoms with E-state index in [2.05, 4.69) is 12.2 Å². The number of nitrogens with one attached hydrogen (secondary N) is 1. The van der Waals surface area contributed by atoms with Crippen molar-refractivity contribution in [2.45, 2.75) is 32.2 Å². The predicted molar refractivity (Wildman–Crippen MR) is 61.8 cm³/mol. The second-order valence-electron chi connectivity index (χ2n) is 4.39. The molecular formula is C12H15ClFN. The van der Waals surface area contributed by atoms with E-state index in [-0.39, 0.29) is 10.8 Å². The van der Waals surface area contributed by atoms with Gasteiger partial charge in [0.1, 0.15) is 5.82 Å². The molecule has 0 heterocycles. The molecule has 1 saturated carbocycles. The first-order valence-corrected chi connectivity index (χ1v) is 5.74. The molecule has 1 aromatic carbocycles. The summed E-state index contributed by atoms with van der Waals surface area (Å²) in [6.45, 7) is 2.25. The quantitative estimate of drug-likeness (QED) is 0.803. The molecule has 2 rings (SSSR count). The molecule has 0 saturated heterocycles. The summed E-state index contributed by atoms with van der Waals surface area (Å²) in [5.41, 5.74) is 0.830. The average molecular weight is 228 g/mol. The van der Waals surface area contributed by atoms with Gasteiger partial charge in [-0.2, -0.15) is 0 Å². The van der Waals surface area contributed by atoms with Crippen molar-refractivity contribution in [2.24, 2.45) is 5.92 Å². The fourth-order valence-electron chi connectivity index (χ4n) is 2.16. The number of hydrogen-bond donors (Lipinski definition) is 1. The van der Waals surface area contributed by atoms with Crippen LogP contribution < -0.4 is 5.32 Å². The number of halogens is 2. The summed E-state index contributed by atoms with van der Waals surface area (Å²) in [6, 6.07) is 5.37. The molecule has 1 nitrogen and oxygen atoms in total. The molecule has 3 heteroatoms. The lowest BCUT2D eigenvalue weighted by atomic mass is 10.1. The molecule has 0 radical (unpaired) electrons. The van der Waals surface area contributed by atoms with Crippen LogP contribution >= 0.6 is 11.6 Å². The molecule has 2 unspecified atom stereocenters. The van der Waals surface area contributed by atoms with Crippen LogP contribution in [0.5, 0.6) is 0 Å². The van der Waals surface area contributed by atoms with E-state index in [0.717, 1.165) is 11.6 Å². The number of benzene rings is 1. The Balaban J connectivity index is 2.02. The van der Waals surface area contributed by atoms with Crippen molar-refractivity contribution in [3.8, 4) is 0 Å². The van der Waals surface area contributed by atoms with E-state index in [9.17, 15) is 4.39 Å². The lowest BCUT2D eigenvalue weighted by Crippen LogP contribution is -2.15. The first-order valence-electron chi connectivity index (χ1n) is 5.37. The van der Waals surface area contributed by atoms with Gasteiger partial charge < -0.3 is 5.32 Å². The monoisotopic (exact) mass is 227 g/mol. The molecule has 1 aliphatic carbocycles. The molecule has 15 heavy (non-hydrogen) atoms. The van der Waals surface area contributed by atoms with Crippen LogP contribution in [0.1, 0.15) is 26.2 Å². The largest absolute Gasteiger partial charge is 0.382 e. The molecule has 1 aromatic rings. The Morgan fingerprint density at radius 2 is 2.20 bits per heavy atom. The highest BCUT2D eigenvalue weighted by Crippen LogP contribution is 2.28. The maximum atomic E-state index is 13.2. The standard InChI is InChI=1S/C12H15ClFN/c1-8-2-3-9(6-8)15-10-4-5-11(13)12(14)7-10/h4-5,7-9,15H,2-3,6H2,1H3. The van der Waals surface area contributed by atoms with E-state index in [1.807, 2.05) is 6.07 Å². The Kier molecular flexibility index (Phi) is 3.15. The van der Waals surface area contributed by atoms with E-state index >= 15 is 0 Å². The van der Waals surface area contributed by atoms with Crippen molar-refractivity contribution in [1.29, 1.82) is 0 Å². The van der Waals surface area contributed by atoms with Gasteiger partial charge in [0.25, 0.3) is 0 Å². The normalized spacial score (nSPS) is 25.5. The fraction of sp³-hybridized carbons (Fsp3) is 0.500. The molecule has 1 fully saturated rings. The van der Waals surface area contributed by atoms with E-state index in [1.165, 1.54) is 25.3 Å². The van der Waals surface area contributed by atoms with Gasteiger partial charge in [0.05, 0.1) is 5.02 Å². The summed E-state index contributed by atoms with van der Waals surface area (Å²) >= 11 is 5.62. The molecular weight excluding hydrogens is 213 g/mol. The summed E-state index contributed by atoms with van der Waals surface area (Å²) in [4.78, 5) is 0. The van der Waals surface area contributed by atoms with Crippen LogP contribution in [0.25, 0.3) is 0 Å². The first-order chi connectivity index (χ1) is 7.15. The van der Waals surface area contributed by atoms with E-state index < -0.39 is 0 Å². The summed E-state index contributed by atoms with van der Waals surface area (Å²) < 4.78 is 13.2. The summed E-state index contributed by atoms with van der Waals surface area (Å²) in [5, 5.41) is 3.52. The average Bonchev–Trinajstić information content (AvgIpc) is 2.58. The third-order valence-electron chi connectivity index (χ3n) is 2.99. The zero-order valence-electron chi connectivity index (χ0n) is 8.76. The molecule has 0 bridgehead atoms. The smallest absolute Gasteiger partial charge is 0.143 e. The summed E-state index contributed by atoms with van der Waals surface area (Å²) in [6.07, 6.45) is 3.60. The zero-order valence-corrected chi connectivity index (χ0v) is 9.52. The van der Waals surface area contributed by atoms with Gasteiger partial charge in [-0.25, -0.2) is 4.39 Å². The van der Waals surface area contributed by atoms with Crippen molar-refractivity contribution >= 4 is 17.3 Å². The SMILES string of the molecule is CC1CCC(Nc2ccc(Cl)c(F)c2)C1. The Morgan fingerprint density at radius 1 is 1.40 bits per heavy atom. The van der Waals surface area contributed by atoms with Crippen molar-refractivity contribution < 1.29 is 4.39 Å². The maximum absolute atomic E-state index is 13.2. The van der Waals surface area contributed by atoms with Crippen LogP contribution in [0.4, 0.5) is 10.1 Å². The highest BCUT2D eigenvalue weighted by atomic mass is 35.5. The number of rotatable bonds is 2. The highest BCUT2D eigenvalue weighted by molar-refractivity contribution is 6.30. The van der Waals surface area contributed by atoms with Gasteiger partial charge in [0, 0.05) is 11.7 Å². The highest BCUT2D eigenvalue weighted by Gasteiger charge is 2.20. The van der Waals surface area contributed by atoms with Gasteiger partial charge in [-0.3, -0.25) is 0 Å². The van der Waals surface area contributed by atoms with Crippen LogP contribution in [0.2, 0.25) is 5.02 Å². The van der Waals surface area contributed by atoms with Crippen molar-refractivity contribution in [3.63, 3.8) is 0 Å². The van der Waals surface area contributed by atoms with Crippen LogP contribution in [0.15, 0.2) is 18.2 Å². The van der Waals surface area contributed by atoms with Crippen molar-refractivity contribution in [3.05, 3.63) is 29.0 Å². The molecule has 0 amide bonds. The summed E-state index contributed by atoms with van der Waals surface area (Å²) in [7, 11) is 0. The third kappa shape index (κ3) is 2.63.